The van der Waals surface area contributed by atoms with Crippen LogP contribution in [0.5, 0.6) is 0 Å². The molecule has 0 bridgehead atoms. The van der Waals surface area contributed by atoms with E-state index in [0.717, 1.165) is 4.90 Å². The van der Waals surface area contributed by atoms with E-state index in [4.69, 9.17) is 16.0 Å². The monoisotopic (exact) mass is 347 g/mol. The number of carbonyl (C=O) groups is 2. The van der Waals surface area contributed by atoms with Crippen LogP contribution in [0.15, 0.2) is 57.3 Å². The van der Waals surface area contributed by atoms with Gasteiger partial charge in [0.25, 0.3) is 5.78 Å². The molecule has 0 spiro atoms. The number of benzene rings is 1. The first-order valence-electron chi connectivity index (χ1n) is 6.56. The standard InChI is InChI=1S/C15H10ClN3O3S/c16-10-1-3-11(4-2-10)23-13-6-9(7-22-13)5-12(20)14(21)15-17-8-18-19-15/h1-4,6-8H,5H2,(H,17,18,19). The third kappa shape index (κ3) is 3.88. The zero-order valence-electron chi connectivity index (χ0n) is 11.7. The van der Waals surface area contributed by atoms with Gasteiger partial charge in [-0.1, -0.05) is 23.4 Å². The van der Waals surface area contributed by atoms with Crippen molar-refractivity contribution in [3.63, 3.8) is 0 Å². The molecule has 1 aromatic carbocycles. The smallest absolute Gasteiger partial charge is 0.267 e. The fourth-order valence-corrected chi connectivity index (χ4v) is 2.76. The van der Waals surface area contributed by atoms with E-state index in [9.17, 15) is 9.59 Å². The van der Waals surface area contributed by atoms with Gasteiger partial charge in [0.15, 0.2) is 5.09 Å². The first-order chi connectivity index (χ1) is 11.1. The second-order valence-electron chi connectivity index (χ2n) is 4.58. The van der Waals surface area contributed by atoms with Crippen LogP contribution in [0.1, 0.15) is 16.2 Å². The molecule has 0 aliphatic carbocycles. The summed E-state index contributed by atoms with van der Waals surface area (Å²) in [7, 11) is 0. The predicted octanol–water partition coefficient (Wildman–Crippen LogP) is 3.20. The van der Waals surface area contributed by atoms with E-state index in [0.29, 0.717) is 15.7 Å². The van der Waals surface area contributed by atoms with E-state index in [1.807, 2.05) is 12.1 Å². The number of ketones is 2. The predicted molar refractivity (Wildman–Crippen MR) is 83.7 cm³/mol. The molecule has 3 rings (SSSR count). The Kier molecular flexibility index (Phi) is 4.59. The maximum absolute atomic E-state index is 11.9. The number of carbonyl (C=O) groups excluding carboxylic acids is 2. The fraction of sp³-hybridized carbons (Fsp3) is 0.0667. The molecule has 0 saturated carbocycles. The van der Waals surface area contributed by atoms with Gasteiger partial charge in [0.2, 0.25) is 11.6 Å². The summed E-state index contributed by atoms with van der Waals surface area (Å²) >= 11 is 7.23. The molecule has 1 N–H and O–H groups in total. The van der Waals surface area contributed by atoms with Gasteiger partial charge in [-0.2, -0.15) is 0 Å². The van der Waals surface area contributed by atoms with Crippen LogP contribution in [-0.2, 0) is 11.2 Å². The van der Waals surface area contributed by atoms with Crippen LogP contribution >= 0.6 is 23.4 Å². The Morgan fingerprint density at radius 3 is 2.74 bits per heavy atom. The lowest BCUT2D eigenvalue weighted by molar-refractivity contribution is -0.114. The molecular formula is C15H10ClN3O3S. The zero-order chi connectivity index (χ0) is 16.2. The van der Waals surface area contributed by atoms with E-state index in [2.05, 4.69) is 15.2 Å². The van der Waals surface area contributed by atoms with Crippen molar-refractivity contribution in [3.8, 4) is 0 Å². The van der Waals surface area contributed by atoms with E-state index in [-0.39, 0.29) is 12.2 Å². The second-order valence-corrected chi connectivity index (χ2v) is 6.10. The molecule has 0 aliphatic rings. The maximum atomic E-state index is 11.9. The minimum Gasteiger partial charge on any atom is -0.457 e. The van der Waals surface area contributed by atoms with Crippen LogP contribution in [0.3, 0.4) is 0 Å². The van der Waals surface area contributed by atoms with Gasteiger partial charge in [-0.3, -0.25) is 14.7 Å². The number of halogens is 1. The number of hydrogen-bond donors (Lipinski definition) is 1. The van der Waals surface area contributed by atoms with Crippen molar-refractivity contribution in [1.82, 2.24) is 15.2 Å². The van der Waals surface area contributed by atoms with Gasteiger partial charge < -0.3 is 4.42 Å². The molecule has 0 amide bonds. The summed E-state index contributed by atoms with van der Waals surface area (Å²) < 4.78 is 5.40. The van der Waals surface area contributed by atoms with Gasteiger partial charge in [-0.25, -0.2) is 4.98 Å². The summed E-state index contributed by atoms with van der Waals surface area (Å²) in [6.07, 6.45) is 2.65. The molecule has 0 atom stereocenters. The summed E-state index contributed by atoms with van der Waals surface area (Å²) in [6, 6.07) is 9.03. The normalized spacial score (nSPS) is 10.7. The number of aromatic nitrogens is 3. The number of hydrogen-bond acceptors (Lipinski definition) is 6. The van der Waals surface area contributed by atoms with Crippen LogP contribution in [-0.4, -0.2) is 26.7 Å². The molecule has 0 aliphatic heterocycles. The van der Waals surface area contributed by atoms with Crippen molar-refractivity contribution in [3.05, 3.63) is 59.3 Å². The highest BCUT2D eigenvalue weighted by Gasteiger charge is 2.20. The number of nitrogens with zero attached hydrogens (tertiary/aromatic N) is 2. The van der Waals surface area contributed by atoms with Crippen LogP contribution in [0.25, 0.3) is 0 Å². The largest absolute Gasteiger partial charge is 0.457 e. The number of nitrogens with one attached hydrogen (secondary N) is 1. The fourth-order valence-electron chi connectivity index (χ4n) is 1.83. The molecular weight excluding hydrogens is 338 g/mol. The van der Waals surface area contributed by atoms with Gasteiger partial charge in [0, 0.05) is 16.3 Å². The zero-order valence-corrected chi connectivity index (χ0v) is 13.2. The van der Waals surface area contributed by atoms with E-state index < -0.39 is 11.6 Å². The number of furan rings is 1. The third-order valence-corrected chi connectivity index (χ3v) is 4.07. The molecule has 0 fully saturated rings. The highest BCUT2D eigenvalue weighted by molar-refractivity contribution is 7.99. The molecule has 3 aromatic rings. The van der Waals surface area contributed by atoms with Crippen molar-refractivity contribution in [2.24, 2.45) is 0 Å². The van der Waals surface area contributed by atoms with Gasteiger partial charge in [-0.05, 0) is 35.9 Å². The summed E-state index contributed by atoms with van der Waals surface area (Å²) in [5, 5.41) is 7.28. The molecule has 0 radical (unpaired) electrons. The summed E-state index contributed by atoms with van der Waals surface area (Å²) in [5.41, 5.74) is 0.621. The Morgan fingerprint density at radius 2 is 2.04 bits per heavy atom. The lowest BCUT2D eigenvalue weighted by Gasteiger charge is -1.97. The Hall–Kier alpha value is -2.38. The van der Waals surface area contributed by atoms with Crippen molar-refractivity contribution in [2.75, 3.05) is 0 Å². The van der Waals surface area contributed by atoms with Crippen molar-refractivity contribution in [1.29, 1.82) is 0 Å². The minimum absolute atomic E-state index is 0.0575. The van der Waals surface area contributed by atoms with Crippen molar-refractivity contribution in [2.45, 2.75) is 16.4 Å². The summed E-state index contributed by atoms with van der Waals surface area (Å²) in [6.45, 7) is 0. The molecule has 6 nitrogen and oxygen atoms in total. The highest BCUT2D eigenvalue weighted by Crippen LogP contribution is 2.30. The van der Waals surface area contributed by atoms with E-state index in [1.165, 1.54) is 24.4 Å². The lowest BCUT2D eigenvalue weighted by Crippen LogP contribution is -2.17. The Bertz CT molecular complexity index is 828. The molecule has 8 heteroatoms. The first-order valence-corrected chi connectivity index (χ1v) is 7.75. The Balaban J connectivity index is 1.64. The molecule has 0 saturated heterocycles. The van der Waals surface area contributed by atoms with Gasteiger partial charge in [-0.15, -0.1) is 5.10 Å². The average Bonchev–Trinajstić information content (AvgIpc) is 3.21. The lowest BCUT2D eigenvalue weighted by atomic mass is 10.1. The maximum Gasteiger partial charge on any atom is 0.267 e. The summed E-state index contributed by atoms with van der Waals surface area (Å²) in [4.78, 5) is 28.3. The Labute approximate surface area is 140 Å². The van der Waals surface area contributed by atoms with Crippen LogP contribution < -0.4 is 0 Å². The van der Waals surface area contributed by atoms with Gasteiger partial charge in [0.05, 0.1) is 6.26 Å². The van der Waals surface area contributed by atoms with E-state index in [1.54, 1.807) is 18.2 Å². The Morgan fingerprint density at radius 1 is 1.26 bits per heavy atom. The number of Topliss-reactive ketones (excluding diaryl/α,β-unsaturated/α-hetero) is 2. The van der Waals surface area contributed by atoms with Crippen LogP contribution in [0.4, 0.5) is 0 Å². The van der Waals surface area contributed by atoms with Gasteiger partial charge in [0.1, 0.15) is 6.33 Å². The molecule has 2 heterocycles. The quantitative estimate of drug-likeness (QED) is 0.544. The van der Waals surface area contributed by atoms with Crippen LogP contribution in [0, 0.1) is 0 Å². The minimum atomic E-state index is -0.723. The van der Waals surface area contributed by atoms with Crippen LogP contribution in [0.2, 0.25) is 5.02 Å². The molecule has 0 unspecified atom stereocenters. The van der Waals surface area contributed by atoms with Gasteiger partial charge >= 0.3 is 0 Å². The van der Waals surface area contributed by atoms with Crippen molar-refractivity contribution >= 4 is 34.9 Å². The molecule has 23 heavy (non-hydrogen) atoms. The van der Waals surface area contributed by atoms with E-state index >= 15 is 0 Å². The summed E-state index contributed by atoms with van der Waals surface area (Å²) in [5.74, 6) is -1.44. The highest BCUT2D eigenvalue weighted by atomic mass is 35.5. The number of aromatic amines is 1. The first kappa shape index (κ1) is 15.5. The third-order valence-electron chi connectivity index (χ3n) is 2.90. The second kappa shape index (κ2) is 6.80. The SMILES string of the molecule is O=C(Cc1coc(Sc2ccc(Cl)cc2)c1)C(=O)c1nc[nH]n1. The number of H-pyrrole nitrogens is 1. The van der Waals surface area contributed by atoms with Crippen molar-refractivity contribution < 1.29 is 14.0 Å². The number of rotatable bonds is 6. The molecule has 116 valence electrons. The average molecular weight is 348 g/mol. The molecule has 2 aromatic heterocycles. The topological polar surface area (TPSA) is 88.9 Å².